The first kappa shape index (κ1) is 54.1. The van der Waals surface area contributed by atoms with Crippen molar-refractivity contribution < 1.29 is 70.3 Å². The van der Waals surface area contributed by atoms with Crippen LogP contribution in [-0.2, 0) is 49.7 Å². The standard InChI is InChI=1S/C43H40ClF10N11O6S2/c1-40(2,72(3,68)69)10-9-22-5-6-23(24-7-8-28(44)30-32(24)63(18-41(47,48)49)62-37(30)65(73(4,70)71)39(67)59-12-11-58-38(56)57)31(60-22)26(15-19-13-20(45)16-21(46)14-19)33(36(55)66)64-35-29(34(61-64)43(52,53)54)25-17-27(25)42(35,50)51/h5-8,13-14,16,25-27,33H,11-12,15,17-18H2,1-4H3,(H2,55,66)(H,59,67)(H4,56,57,58)/t25-,26+,27+,33?/m0/s1. The minimum atomic E-state index is -5.41. The summed E-state index contributed by atoms with van der Waals surface area (Å²) >= 11 is 6.64. The Morgan fingerprint density at radius 3 is 2.16 bits per heavy atom. The smallest absolute Gasteiger partial charge is 0.370 e. The summed E-state index contributed by atoms with van der Waals surface area (Å²) in [7, 11) is -8.85. The van der Waals surface area contributed by atoms with Gasteiger partial charge < -0.3 is 22.5 Å². The molecular formula is C43H40ClF10N11O6S2. The van der Waals surface area contributed by atoms with Gasteiger partial charge in [0.15, 0.2) is 27.3 Å². The summed E-state index contributed by atoms with van der Waals surface area (Å²) < 4.78 is 201. The fourth-order valence-corrected chi connectivity index (χ4v) is 9.83. The summed E-state index contributed by atoms with van der Waals surface area (Å²) in [6.07, 6.45) is -10.6. The number of sulfonamides is 1. The second kappa shape index (κ2) is 18.7. The third-order valence-corrected chi connectivity index (χ3v) is 15.3. The third kappa shape index (κ3) is 10.7. The van der Waals surface area contributed by atoms with Gasteiger partial charge in [0.1, 0.15) is 40.4 Å². The first-order valence-electron chi connectivity index (χ1n) is 21.2. The van der Waals surface area contributed by atoms with Crippen molar-refractivity contribution in [2.45, 2.75) is 74.1 Å². The van der Waals surface area contributed by atoms with E-state index in [1.165, 1.54) is 13.8 Å². The van der Waals surface area contributed by atoms with Crippen LogP contribution in [0.5, 0.6) is 0 Å². The molecular weight excluding hydrogens is 1060 g/mol. The highest BCUT2D eigenvalue weighted by Gasteiger charge is 2.69. The number of hydrogen-bond donors (Lipinski definition) is 4. The number of sulfone groups is 1. The lowest BCUT2D eigenvalue weighted by Gasteiger charge is -2.29. The Labute approximate surface area is 413 Å². The molecule has 17 nitrogen and oxygen atoms in total. The van der Waals surface area contributed by atoms with Gasteiger partial charge in [0.2, 0.25) is 15.9 Å². The number of pyridine rings is 1. The number of nitrogens with one attached hydrogen (secondary N) is 1. The highest BCUT2D eigenvalue weighted by atomic mass is 35.5. The number of aromatic nitrogens is 5. The van der Waals surface area contributed by atoms with Crippen LogP contribution in [0.15, 0.2) is 47.5 Å². The van der Waals surface area contributed by atoms with E-state index >= 15 is 17.6 Å². The number of nitrogens with two attached hydrogens (primary N) is 3. The molecule has 4 atom stereocenters. The molecule has 2 aliphatic rings. The van der Waals surface area contributed by atoms with Crippen LogP contribution in [0.25, 0.3) is 22.0 Å². The van der Waals surface area contributed by atoms with Crippen LogP contribution in [0.4, 0.5) is 54.5 Å². The quantitative estimate of drug-likeness (QED) is 0.0330. The largest absolute Gasteiger partial charge is 0.435 e. The number of carbonyl (C=O) groups excluding carboxylic acids is 2. The van der Waals surface area contributed by atoms with Crippen molar-refractivity contribution in [3.05, 3.63) is 93.0 Å². The SMILES string of the molecule is CC(C)(C#Cc1ccc(-c2ccc(Cl)c3c(N(C(=O)NCCN=C(N)N)S(C)(=O)=O)nn(CC(F)(F)F)c23)c([C@@H](Cc2cc(F)cc(F)c2)C(C(N)=O)n2nc(C(F)(F)F)c3c2C(F)(F)[C@@H]2C[C@H]32)n1)S(C)(=O)=O. The minimum absolute atomic E-state index is 0.0273. The zero-order chi connectivity index (χ0) is 54.3. The maximum absolute atomic E-state index is 16.3. The monoisotopic (exact) mass is 1100 g/mol. The van der Waals surface area contributed by atoms with Gasteiger partial charge in [0.05, 0.1) is 34.4 Å². The number of alkyl halides is 8. The molecule has 2 aliphatic carbocycles. The molecule has 7 rings (SSSR count). The highest BCUT2D eigenvalue weighted by molar-refractivity contribution is 7.93. The fourth-order valence-electron chi connectivity index (χ4n) is 8.55. The second-order valence-electron chi connectivity index (χ2n) is 17.7. The van der Waals surface area contributed by atoms with E-state index in [1.54, 1.807) is 0 Å². The summed E-state index contributed by atoms with van der Waals surface area (Å²) in [5, 5.41) is 8.39. The van der Waals surface area contributed by atoms with Crippen molar-refractivity contribution in [2.75, 3.05) is 29.9 Å². The Morgan fingerprint density at radius 2 is 1.60 bits per heavy atom. The van der Waals surface area contributed by atoms with Gasteiger partial charge in [-0.1, -0.05) is 23.6 Å². The van der Waals surface area contributed by atoms with Gasteiger partial charge in [-0.2, -0.15) is 49.6 Å². The zero-order valence-corrected chi connectivity index (χ0v) is 40.6. The Morgan fingerprint density at radius 1 is 0.973 bits per heavy atom. The van der Waals surface area contributed by atoms with E-state index in [2.05, 4.69) is 37.3 Å². The van der Waals surface area contributed by atoms with Crippen LogP contribution in [0.1, 0.15) is 72.0 Å². The number of guanidine groups is 1. The third-order valence-electron chi connectivity index (χ3n) is 12.0. The number of benzene rings is 2. The number of amides is 3. The molecule has 0 radical (unpaired) electrons. The second-order valence-corrected chi connectivity index (χ2v) is 22.5. The van der Waals surface area contributed by atoms with Gasteiger partial charge in [-0.25, -0.2) is 40.1 Å². The lowest BCUT2D eigenvalue weighted by molar-refractivity contribution is -0.143. The molecule has 1 fully saturated rings. The van der Waals surface area contributed by atoms with Crippen molar-refractivity contribution in [1.82, 2.24) is 29.9 Å². The Bertz CT molecular complexity index is 3400. The molecule has 0 bridgehead atoms. The fraction of sp³-hybridized carbons (Fsp3) is 0.395. The Balaban J connectivity index is 1.60. The lowest BCUT2D eigenvalue weighted by atomic mass is 9.84. The highest BCUT2D eigenvalue weighted by Crippen LogP contribution is 2.69. The van der Waals surface area contributed by atoms with Crippen LogP contribution in [-0.4, -0.2) is 95.8 Å². The van der Waals surface area contributed by atoms with Gasteiger partial charge >= 0.3 is 18.4 Å². The Hall–Kier alpha value is -6.67. The first-order valence-corrected chi connectivity index (χ1v) is 25.3. The van der Waals surface area contributed by atoms with E-state index in [4.69, 9.17) is 28.8 Å². The number of hydrogen-bond acceptors (Lipinski definition) is 10. The number of aliphatic imine (C=N–C) groups is 1. The zero-order valence-electron chi connectivity index (χ0n) is 38.2. The maximum Gasteiger partial charge on any atom is 0.435 e. The lowest BCUT2D eigenvalue weighted by Crippen LogP contribution is -2.44. The summed E-state index contributed by atoms with van der Waals surface area (Å²) in [6.45, 7) is -0.409. The van der Waals surface area contributed by atoms with Crippen molar-refractivity contribution >= 4 is 66.1 Å². The molecule has 2 aromatic carbocycles. The van der Waals surface area contributed by atoms with Crippen molar-refractivity contribution in [2.24, 2.45) is 28.1 Å². The molecule has 73 heavy (non-hydrogen) atoms. The van der Waals surface area contributed by atoms with E-state index in [-0.39, 0.29) is 20.2 Å². The van der Waals surface area contributed by atoms with E-state index in [1.807, 2.05) is 0 Å². The summed E-state index contributed by atoms with van der Waals surface area (Å²) in [5.74, 6) is -9.86. The number of rotatable bonds is 14. The number of primary amides is 1. The predicted molar refractivity (Wildman–Crippen MR) is 244 cm³/mol. The summed E-state index contributed by atoms with van der Waals surface area (Å²) in [5.41, 5.74) is 9.22. The van der Waals surface area contributed by atoms with Gasteiger partial charge in [-0.05, 0) is 74.4 Å². The van der Waals surface area contributed by atoms with Crippen LogP contribution in [0.2, 0.25) is 5.02 Å². The van der Waals surface area contributed by atoms with Crippen LogP contribution in [0.3, 0.4) is 0 Å². The van der Waals surface area contributed by atoms with Gasteiger partial charge in [0, 0.05) is 47.4 Å². The van der Waals surface area contributed by atoms with Crippen molar-refractivity contribution in [3.8, 4) is 23.0 Å². The normalized spacial score (nSPS) is 17.2. The molecule has 1 unspecified atom stereocenters. The van der Waals surface area contributed by atoms with E-state index in [0.29, 0.717) is 24.5 Å². The summed E-state index contributed by atoms with van der Waals surface area (Å²) in [6, 6.07) is 1.93. The molecule has 5 aromatic rings. The molecule has 0 saturated heterocycles. The number of carbonyl (C=O) groups is 2. The molecule has 3 amide bonds. The van der Waals surface area contributed by atoms with Crippen molar-refractivity contribution in [3.63, 3.8) is 0 Å². The first-order chi connectivity index (χ1) is 33.5. The number of anilines is 1. The molecule has 7 N–H and O–H groups in total. The summed E-state index contributed by atoms with van der Waals surface area (Å²) in [4.78, 5) is 35.8. The molecule has 0 spiro atoms. The molecule has 1 saturated carbocycles. The molecule has 3 aromatic heterocycles. The van der Waals surface area contributed by atoms with Crippen molar-refractivity contribution in [1.29, 1.82) is 0 Å². The van der Waals surface area contributed by atoms with Gasteiger partial charge in [0.25, 0.3) is 5.92 Å². The molecule has 392 valence electrons. The van der Waals surface area contributed by atoms with Crippen LogP contribution in [0, 0.1) is 29.4 Å². The predicted octanol–water partition coefficient (Wildman–Crippen LogP) is 5.99. The molecule has 0 aliphatic heterocycles. The number of urea groups is 1. The van der Waals surface area contributed by atoms with E-state index in [9.17, 15) is 52.8 Å². The Kier molecular flexibility index (Phi) is 13.8. The number of nitrogens with zero attached hydrogens (tertiary/aromatic N) is 7. The number of fused-ring (bicyclic) bond motifs is 4. The van der Waals surface area contributed by atoms with E-state index in [0.717, 1.165) is 30.5 Å². The topological polar surface area (TPSA) is 257 Å². The van der Waals surface area contributed by atoms with Gasteiger partial charge in [-0.15, -0.1) is 0 Å². The van der Waals surface area contributed by atoms with Gasteiger partial charge in [-0.3, -0.25) is 14.5 Å². The van der Waals surface area contributed by atoms with Crippen LogP contribution < -0.4 is 26.8 Å². The van der Waals surface area contributed by atoms with Crippen LogP contribution >= 0.6 is 11.6 Å². The maximum atomic E-state index is 16.3. The average Bonchev–Trinajstić information content (AvgIpc) is 3.74. The number of halogens is 11. The molecule has 30 heteroatoms. The van der Waals surface area contributed by atoms with E-state index < -0.39 is 189 Å². The minimum Gasteiger partial charge on any atom is -0.370 e. The molecule has 3 heterocycles. The average molecular weight is 1100 g/mol.